The molecule has 2 aliphatic rings. The molecule has 1 aromatic carbocycles. The molecule has 1 heterocycles. The van der Waals surface area contributed by atoms with Crippen molar-refractivity contribution in [3.05, 3.63) is 35.6 Å². The number of hydrogen-bond donors (Lipinski definition) is 1. The summed E-state index contributed by atoms with van der Waals surface area (Å²) in [5.41, 5.74) is 0.709. The van der Waals surface area contributed by atoms with E-state index >= 15 is 0 Å². The van der Waals surface area contributed by atoms with Gasteiger partial charge in [-0.25, -0.2) is 4.39 Å². The molecule has 2 fully saturated rings. The number of carbonyl (C=O) groups is 1. The second-order valence-corrected chi connectivity index (χ2v) is 6.40. The molecule has 0 radical (unpaired) electrons. The second kappa shape index (κ2) is 6.14. The van der Waals surface area contributed by atoms with Gasteiger partial charge in [-0.05, 0) is 31.2 Å². The van der Waals surface area contributed by atoms with Gasteiger partial charge in [-0.2, -0.15) is 0 Å². The summed E-state index contributed by atoms with van der Waals surface area (Å²) >= 11 is 0. The lowest BCUT2D eigenvalue weighted by Crippen LogP contribution is -2.50. The number of piperidine rings is 1. The molecule has 3 nitrogen and oxygen atoms in total. The van der Waals surface area contributed by atoms with Crippen LogP contribution in [0.4, 0.5) is 4.39 Å². The highest BCUT2D eigenvalue weighted by molar-refractivity contribution is 5.81. The number of benzene rings is 1. The number of rotatable bonds is 4. The van der Waals surface area contributed by atoms with Crippen LogP contribution in [-0.4, -0.2) is 29.9 Å². The summed E-state index contributed by atoms with van der Waals surface area (Å²) in [5, 5.41) is 3.45. The third kappa shape index (κ3) is 3.43. The SMILES string of the molecule is C[C@H]1CN(C(=O)C2CC2)CC[C@@H]1NCc1ccccc1F. The number of amides is 1. The molecule has 1 aliphatic heterocycles. The van der Waals surface area contributed by atoms with Crippen LogP contribution in [0.2, 0.25) is 0 Å². The maximum absolute atomic E-state index is 13.6. The number of hydrogen-bond acceptors (Lipinski definition) is 2. The van der Waals surface area contributed by atoms with E-state index < -0.39 is 0 Å². The number of likely N-dealkylation sites (tertiary alicyclic amines) is 1. The highest BCUT2D eigenvalue weighted by atomic mass is 19.1. The predicted molar refractivity (Wildman–Crippen MR) is 80.1 cm³/mol. The molecule has 1 N–H and O–H groups in total. The normalized spacial score (nSPS) is 25.9. The van der Waals surface area contributed by atoms with E-state index in [0.717, 1.165) is 32.4 Å². The minimum atomic E-state index is -0.154. The van der Waals surface area contributed by atoms with Crippen LogP contribution in [0.15, 0.2) is 24.3 Å². The summed E-state index contributed by atoms with van der Waals surface area (Å²) in [6, 6.07) is 7.24. The first kappa shape index (κ1) is 14.5. The van der Waals surface area contributed by atoms with Crippen molar-refractivity contribution < 1.29 is 9.18 Å². The van der Waals surface area contributed by atoms with Crippen molar-refractivity contribution in [3.63, 3.8) is 0 Å². The summed E-state index contributed by atoms with van der Waals surface area (Å²) in [6.07, 6.45) is 3.09. The Kier molecular flexibility index (Phi) is 4.24. The number of nitrogens with one attached hydrogen (secondary N) is 1. The third-order valence-corrected chi connectivity index (χ3v) is 4.66. The minimum Gasteiger partial charge on any atom is -0.342 e. The van der Waals surface area contributed by atoms with Crippen molar-refractivity contribution in [1.29, 1.82) is 0 Å². The average Bonchev–Trinajstić information content (AvgIpc) is 3.31. The van der Waals surface area contributed by atoms with Crippen LogP contribution in [0.3, 0.4) is 0 Å². The van der Waals surface area contributed by atoms with Gasteiger partial charge in [-0.15, -0.1) is 0 Å². The molecule has 1 amide bonds. The topological polar surface area (TPSA) is 32.3 Å². The smallest absolute Gasteiger partial charge is 0.225 e. The second-order valence-electron chi connectivity index (χ2n) is 6.40. The van der Waals surface area contributed by atoms with E-state index in [0.29, 0.717) is 35.9 Å². The molecule has 0 bridgehead atoms. The van der Waals surface area contributed by atoms with Crippen molar-refractivity contribution in [2.75, 3.05) is 13.1 Å². The van der Waals surface area contributed by atoms with Crippen molar-refractivity contribution in [1.82, 2.24) is 10.2 Å². The molecule has 21 heavy (non-hydrogen) atoms. The van der Waals surface area contributed by atoms with Gasteiger partial charge in [0.25, 0.3) is 0 Å². The Balaban J connectivity index is 1.51. The number of nitrogens with zero attached hydrogens (tertiary/aromatic N) is 1. The zero-order valence-electron chi connectivity index (χ0n) is 12.5. The Hall–Kier alpha value is -1.42. The van der Waals surface area contributed by atoms with Gasteiger partial charge in [0.1, 0.15) is 5.82 Å². The van der Waals surface area contributed by atoms with Crippen LogP contribution in [-0.2, 0) is 11.3 Å². The lowest BCUT2D eigenvalue weighted by molar-refractivity contribution is -0.134. The van der Waals surface area contributed by atoms with Gasteiger partial charge in [0, 0.05) is 37.2 Å². The van der Waals surface area contributed by atoms with E-state index in [1.807, 2.05) is 17.0 Å². The molecular weight excluding hydrogens is 267 g/mol. The maximum Gasteiger partial charge on any atom is 0.225 e. The molecule has 1 saturated carbocycles. The van der Waals surface area contributed by atoms with Crippen LogP contribution in [0.5, 0.6) is 0 Å². The average molecular weight is 290 g/mol. The van der Waals surface area contributed by atoms with Gasteiger partial charge in [-0.1, -0.05) is 25.1 Å². The fraction of sp³-hybridized carbons (Fsp3) is 0.588. The zero-order chi connectivity index (χ0) is 14.8. The molecule has 2 atom stereocenters. The summed E-state index contributed by atoms with van der Waals surface area (Å²) in [6.45, 7) is 4.38. The molecule has 1 aromatic rings. The van der Waals surface area contributed by atoms with E-state index in [1.54, 1.807) is 6.07 Å². The Morgan fingerprint density at radius 2 is 2.10 bits per heavy atom. The Morgan fingerprint density at radius 1 is 1.33 bits per heavy atom. The fourth-order valence-corrected chi connectivity index (χ4v) is 3.12. The lowest BCUT2D eigenvalue weighted by atomic mass is 9.93. The molecule has 1 saturated heterocycles. The van der Waals surface area contributed by atoms with Crippen molar-refractivity contribution in [3.8, 4) is 0 Å². The molecule has 0 spiro atoms. The molecule has 114 valence electrons. The Labute approximate surface area is 125 Å². The van der Waals surface area contributed by atoms with E-state index in [2.05, 4.69) is 12.2 Å². The lowest BCUT2D eigenvalue weighted by Gasteiger charge is -2.37. The molecule has 4 heteroatoms. The quantitative estimate of drug-likeness (QED) is 0.924. The van der Waals surface area contributed by atoms with Crippen molar-refractivity contribution in [2.24, 2.45) is 11.8 Å². The molecular formula is C17H23FN2O. The summed E-state index contributed by atoms with van der Waals surface area (Å²) in [7, 11) is 0. The largest absolute Gasteiger partial charge is 0.342 e. The van der Waals surface area contributed by atoms with E-state index in [-0.39, 0.29) is 5.82 Å². The van der Waals surface area contributed by atoms with Crippen LogP contribution in [0, 0.1) is 17.7 Å². The summed E-state index contributed by atoms with van der Waals surface area (Å²) < 4.78 is 13.6. The van der Waals surface area contributed by atoms with E-state index in [4.69, 9.17) is 0 Å². The zero-order valence-corrected chi connectivity index (χ0v) is 12.5. The van der Waals surface area contributed by atoms with Crippen molar-refractivity contribution in [2.45, 2.75) is 38.8 Å². The minimum absolute atomic E-state index is 0.154. The Morgan fingerprint density at radius 3 is 2.76 bits per heavy atom. The van der Waals surface area contributed by atoms with E-state index in [9.17, 15) is 9.18 Å². The first-order chi connectivity index (χ1) is 10.1. The van der Waals surface area contributed by atoms with Crippen molar-refractivity contribution >= 4 is 5.91 Å². The molecule has 3 rings (SSSR count). The molecule has 0 unspecified atom stereocenters. The fourth-order valence-electron chi connectivity index (χ4n) is 3.12. The maximum atomic E-state index is 13.6. The first-order valence-corrected chi connectivity index (χ1v) is 7.90. The van der Waals surface area contributed by atoms with Crippen LogP contribution in [0.1, 0.15) is 31.7 Å². The highest BCUT2D eigenvalue weighted by Gasteiger charge is 2.36. The van der Waals surface area contributed by atoms with Gasteiger partial charge < -0.3 is 10.2 Å². The number of halogens is 1. The van der Waals surface area contributed by atoms with Crippen LogP contribution >= 0.6 is 0 Å². The van der Waals surface area contributed by atoms with E-state index in [1.165, 1.54) is 6.07 Å². The van der Waals surface area contributed by atoms with Crippen LogP contribution < -0.4 is 5.32 Å². The highest BCUT2D eigenvalue weighted by Crippen LogP contribution is 2.32. The van der Waals surface area contributed by atoms with Gasteiger partial charge >= 0.3 is 0 Å². The van der Waals surface area contributed by atoms with Gasteiger partial charge in [-0.3, -0.25) is 4.79 Å². The molecule has 0 aromatic heterocycles. The van der Waals surface area contributed by atoms with Gasteiger partial charge in [0.15, 0.2) is 0 Å². The monoisotopic (exact) mass is 290 g/mol. The predicted octanol–water partition coefficient (Wildman–Crippen LogP) is 2.56. The Bertz CT molecular complexity index is 515. The summed E-state index contributed by atoms with van der Waals surface area (Å²) in [4.78, 5) is 14.1. The number of carbonyl (C=O) groups excluding carboxylic acids is 1. The van der Waals surface area contributed by atoms with Crippen LogP contribution in [0.25, 0.3) is 0 Å². The standard InChI is InChI=1S/C17H23FN2O/c1-12-11-20(17(21)13-6-7-13)9-8-16(12)19-10-14-4-2-3-5-15(14)18/h2-5,12-13,16,19H,6-11H2,1H3/t12-,16-/m0/s1. The van der Waals surface area contributed by atoms with Gasteiger partial charge in [0.05, 0.1) is 0 Å². The third-order valence-electron chi connectivity index (χ3n) is 4.66. The summed E-state index contributed by atoms with van der Waals surface area (Å²) in [5.74, 6) is 0.904. The molecule has 1 aliphatic carbocycles. The van der Waals surface area contributed by atoms with Gasteiger partial charge in [0.2, 0.25) is 5.91 Å². The first-order valence-electron chi connectivity index (χ1n) is 7.90.